The fourth-order valence-corrected chi connectivity index (χ4v) is 2.62. The summed E-state index contributed by atoms with van der Waals surface area (Å²) in [5.41, 5.74) is 1.70. The number of aliphatic hydroxyl groups is 2. The van der Waals surface area contributed by atoms with Crippen LogP contribution in [0, 0.1) is 12.8 Å². The van der Waals surface area contributed by atoms with Crippen LogP contribution in [0.2, 0.25) is 0 Å². The van der Waals surface area contributed by atoms with E-state index in [-0.39, 0.29) is 12.5 Å². The van der Waals surface area contributed by atoms with Gasteiger partial charge in [0.2, 0.25) is 0 Å². The summed E-state index contributed by atoms with van der Waals surface area (Å²) in [5.74, 6) is 0.286. The molecule has 1 aliphatic rings. The third-order valence-electron chi connectivity index (χ3n) is 4.30. The smallest absolute Gasteiger partial charge is 0.0669 e. The molecule has 1 aromatic heterocycles. The molecule has 108 valence electrons. The quantitative estimate of drug-likeness (QED) is 0.846. The van der Waals surface area contributed by atoms with E-state index in [9.17, 15) is 5.11 Å². The Bertz CT molecular complexity index is 428. The summed E-state index contributed by atoms with van der Waals surface area (Å²) in [6.07, 6.45) is 2.83. The maximum absolute atomic E-state index is 10.2. The van der Waals surface area contributed by atoms with Gasteiger partial charge in [-0.1, -0.05) is 6.92 Å². The largest absolute Gasteiger partial charge is 0.394 e. The lowest BCUT2D eigenvalue weighted by Gasteiger charge is -2.41. The molecule has 0 amide bonds. The molecule has 19 heavy (non-hydrogen) atoms. The number of aryl methyl sites for hydroxylation is 1. The number of likely N-dealkylation sites (tertiary alicyclic amines) is 1. The Morgan fingerprint density at radius 1 is 1.53 bits per heavy atom. The molecule has 5 nitrogen and oxygen atoms in total. The van der Waals surface area contributed by atoms with Gasteiger partial charge in [0.15, 0.2) is 0 Å². The van der Waals surface area contributed by atoms with Crippen molar-refractivity contribution in [1.29, 1.82) is 0 Å². The van der Waals surface area contributed by atoms with Crippen molar-refractivity contribution in [2.24, 2.45) is 5.92 Å². The highest BCUT2D eigenvalue weighted by atomic mass is 16.3. The molecular formula is C14H25N3O2. The average molecular weight is 267 g/mol. The molecule has 0 saturated carbocycles. The Labute approximate surface area is 114 Å². The fraction of sp³-hybridized carbons (Fsp3) is 0.786. The van der Waals surface area contributed by atoms with E-state index in [1.54, 1.807) is 4.68 Å². The minimum atomic E-state index is -0.535. The van der Waals surface area contributed by atoms with Gasteiger partial charge in [0, 0.05) is 31.4 Å². The topological polar surface area (TPSA) is 61.5 Å². The zero-order chi connectivity index (χ0) is 14.0. The van der Waals surface area contributed by atoms with Gasteiger partial charge >= 0.3 is 0 Å². The lowest BCUT2D eigenvalue weighted by molar-refractivity contribution is -0.0524. The van der Waals surface area contributed by atoms with Crippen LogP contribution >= 0.6 is 0 Å². The van der Waals surface area contributed by atoms with Crippen LogP contribution in [0.5, 0.6) is 0 Å². The van der Waals surface area contributed by atoms with Gasteiger partial charge in [0.05, 0.1) is 24.4 Å². The van der Waals surface area contributed by atoms with Crippen LogP contribution in [-0.2, 0) is 13.1 Å². The molecule has 2 atom stereocenters. The standard InChI is InChI=1S/C14H25N3O2/c1-11-8-16(5-4-14(11,3)19)9-13-10-17(6-7-18)15-12(13)2/h10-11,18-19H,4-9H2,1-3H3/t11-,14+/m0/s1. The van der Waals surface area contributed by atoms with E-state index in [4.69, 9.17) is 5.11 Å². The van der Waals surface area contributed by atoms with E-state index >= 15 is 0 Å². The van der Waals surface area contributed by atoms with Gasteiger partial charge < -0.3 is 10.2 Å². The molecule has 1 saturated heterocycles. The number of piperidine rings is 1. The van der Waals surface area contributed by atoms with Crippen LogP contribution in [0.25, 0.3) is 0 Å². The molecule has 5 heteroatoms. The van der Waals surface area contributed by atoms with E-state index in [0.29, 0.717) is 6.54 Å². The molecule has 0 radical (unpaired) electrons. The van der Waals surface area contributed by atoms with Gasteiger partial charge in [-0.3, -0.25) is 9.58 Å². The van der Waals surface area contributed by atoms with Gasteiger partial charge in [-0.25, -0.2) is 0 Å². The van der Waals surface area contributed by atoms with Gasteiger partial charge in [-0.15, -0.1) is 0 Å². The zero-order valence-electron chi connectivity index (χ0n) is 12.1. The van der Waals surface area contributed by atoms with Crippen molar-refractivity contribution in [2.45, 2.75) is 45.9 Å². The maximum Gasteiger partial charge on any atom is 0.0669 e. The molecular weight excluding hydrogens is 242 g/mol. The number of aromatic nitrogens is 2. The number of aliphatic hydroxyl groups excluding tert-OH is 1. The second-order valence-electron chi connectivity index (χ2n) is 5.97. The van der Waals surface area contributed by atoms with Crippen LogP contribution in [0.15, 0.2) is 6.20 Å². The van der Waals surface area contributed by atoms with Crippen molar-refractivity contribution >= 4 is 0 Å². The SMILES string of the molecule is Cc1nn(CCO)cc1CN1CC[C@@](C)(O)[C@@H](C)C1. The Morgan fingerprint density at radius 2 is 2.26 bits per heavy atom. The first kappa shape index (κ1) is 14.5. The number of nitrogens with zero attached hydrogens (tertiary/aromatic N) is 3. The van der Waals surface area contributed by atoms with Crippen molar-refractivity contribution in [2.75, 3.05) is 19.7 Å². The Balaban J connectivity index is 1.98. The highest BCUT2D eigenvalue weighted by Crippen LogP contribution is 2.28. The molecule has 0 unspecified atom stereocenters. The fourth-order valence-electron chi connectivity index (χ4n) is 2.62. The minimum Gasteiger partial charge on any atom is -0.394 e. The van der Waals surface area contributed by atoms with Crippen LogP contribution in [0.1, 0.15) is 31.5 Å². The average Bonchev–Trinajstić information content (AvgIpc) is 2.66. The monoisotopic (exact) mass is 267 g/mol. The summed E-state index contributed by atoms with van der Waals surface area (Å²) in [7, 11) is 0. The van der Waals surface area contributed by atoms with Crippen LogP contribution in [0.4, 0.5) is 0 Å². The Kier molecular flexibility index (Phi) is 4.28. The summed E-state index contributed by atoms with van der Waals surface area (Å²) in [6.45, 7) is 9.41. The molecule has 0 aromatic carbocycles. The normalized spacial score (nSPS) is 28.8. The summed E-state index contributed by atoms with van der Waals surface area (Å²) in [4.78, 5) is 2.37. The van der Waals surface area contributed by atoms with E-state index in [1.807, 2.05) is 20.0 Å². The van der Waals surface area contributed by atoms with Crippen LogP contribution < -0.4 is 0 Å². The number of hydrogen-bond acceptors (Lipinski definition) is 4. The molecule has 0 aliphatic carbocycles. The van der Waals surface area contributed by atoms with Gasteiger partial charge in [-0.2, -0.15) is 5.10 Å². The van der Waals surface area contributed by atoms with E-state index in [0.717, 1.165) is 31.7 Å². The van der Waals surface area contributed by atoms with Crippen molar-refractivity contribution in [3.8, 4) is 0 Å². The third kappa shape index (κ3) is 3.35. The molecule has 0 bridgehead atoms. The second kappa shape index (κ2) is 5.61. The molecule has 1 aromatic rings. The van der Waals surface area contributed by atoms with Crippen LogP contribution in [-0.4, -0.2) is 50.2 Å². The lowest BCUT2D eigenvalue weighted by Crippen LogP contribution is -2.48. The maximum atomic E-state index is 10.2. The summed E-state index contributed by atoms with van der Waals surface area (Å²) in [6, 6.07) is 0. The predicted octanol–water partition coefficient (Wildman–Crippen LogP) is 0.777. The predicted molar refractivity (Wildman–Crippen MR) is 73.7 cm³/mol. The van der Waals surface area contributed by atoms with E-state index in [1.165, 1.54) is 5.56 Å². The molecule has 2 heterocycles. The number of rotatable bonds is 4. The number of hydrogen-bond donors (Lipinski definition) is 2. The van der Waals surface area contributed by atoms with Gasteiger partial charge in [0.25, 0.3) is 0 Å². The first-order valence-corrected chi connectivity index (χ1v) is 7.01. The third-order valence-corrected chi connectivity index (χ3v) is 4.30. The second-order valence-corrected chi connectivity index (χ2v) is 5.97. The molecule has 2 rings (SSSR count). The molecule has 1 aliphatic heterocycles. The van der Waals surface area contributed by atoms with Crippen LogP contribution in [0.3, 0.4) is 0 Å². The first-order valence-electron chi connectivity index (χ1n) is 7.01. The van der Waals surface area contributed by atoms with Crippen molar-refractivity contribution in [3.05, 3.63) is 17.5 Å². The van der Waals surface area contributed by atoms with E-state index < -0.39 is 5.60 Å². The highest BCUT2D eigenvalue weighted by molar-refractivity contribution is 5.15. The summed E-state index contributed by atoms with van der Waals surface area (Å²) >= 11 is 0. The summed E-state index contributed by atoms with van der Waals surface area (Å²) in [5, 5.41) is 23.5. The van der Waals surface area contributed by atoms with Gasteiger partial charge in [0.1, 0.15) is 0 Å². The van der Waals surface area contributed by atoms with Crippen molar-refractivity contribution in [1.82, 2.24) is 14.7 Å². The molecule has 1 fully saturated rings. The van der Waals surface area contributed by atoms with Gasteiger partial charge in [-0.05, 0) is 26.2 Å². The summed E-state index contributed by atoms with van der Waals surface area (Å²) < 4.78 is 1.80. The van der Waals surface area contributed by atoms with Crippen molar-refractivity contribution < 1.29 is 10.2 Å². The molecule has 0 spiro atoms. The highest BCUT2D eigenvalue weighted by Gasteiger charge is 2.34. The molecule has 2 N–H and O–H groups in total. The Hall–Kier alpha value is -0.910. The Morgan fingerprint density at radius 3 is 2.89 bits per heavy atom. The minimum absolute atomic E-state index is 0.115. The first-order chi connectivity index (χ1) is 8.92. The lowest BCUT2D eigenvalue weighted by atomic mass is 9.84. The van der Waals surface area contributed by atoms with E-state index in [2.05, 4.69) is 16.9 Å². The zero-order valence-corrected chi connectivity index (χ0v) is 12.1. The van der Waals surface area contributed by atoms with Crippen molar-refractivity contribution in [3.63, 3.8) is 0 Å².